The Kier molecular flexibility index (Phi) is 7.55. The summed E-state index contributed by atoms with van der Waals surface area (Å²) >= 11 is 1.06. The molecule has 176 valence electrons. The third-order valence-corrected chi connectivity index (χ3v) is 6.91. The van der Waals surface area contributed by atoms with Crippen LogP contribution in [0.15, 0.2) is 72.8 Å². The van der Waals surface area contributed by atoms with Gasteiger partial charge in [-0.3, -0.25) is 20.2 Å². The Hall–Kier alpha value is -3.29. The summed E-state index contributed by atoms with van der Waals surface area (Å²) in [6, 6.07) is 24.3. The molecule has 3 aromatic carbocycles. The van der Waals surface area contributed by atoms with E-state index < -0.39 is 5.25 Å². The van der Waals surface area contributed by atoms with Gasteiger partial charge in [0, 0.05) is 6.04 Å². The van der Waals surface area contributed by atoms with E-state index in [9.17, 15) is 9.59 Å². The van der Waals surface area contributed by atoms with Crippen molar-refractivity contribution in [2.45, 2.75) is 30.7 Å². The Morgan fingerprint density at radius 1 is 0.882 bits per heavy atom. The number of hydrogen-bond donors (Lipinski definition) is 2. The second-order valence-electron chi connectivity index (χ2n) is 8.18. The van der Waals surface area contributed by atoms with Crippen molar-refractivity contribution in [3.05, 3.63) is 95.1 Å². The second-order valence-corrected chi connectivity index (χ2v) is 9.35. The van der Waals surface area contributed by atoms with Crippen LogP contribution in [0.25, 0.3) is 0 Å². The number of imide groups is 1. The minimum atomic E-state index is -0.392. The molecule has 3 unspecified atom stereocenters. The van der Waals surface area contributed by atoms with E-state index in [-0.39, 0.29) is 23.2 Å². The highest BCUT2D eigenvalue weighted by atomic mass is 32.2. The molecule has 0 saturated carbocycles. The number of hydrogen-bond acceptors (Lipinski definition) is 6. The maximum Gasteiger partial charge on any atom is 0.286 e. The molecule has 1 aliphatic heterocycles. The number of benzene rings is 3. The number of methoxy groups -OCH3 is 2. The molecule has 34 heavy (non-hydrogen) atoms. The van der Waals surface area contributed by atoms with Crippen molar-refractivity contribution in [2.24, 2.45) is 0 Å². The molecular weight excluding hydrogens is 448 g/mol. The molecule has 2 N–H and O–H groups in total. The molecule has 0 radical (unpaired) electrons. The van der Waals surface area contributed by atoms with Crippen LogP contribution in [0, 0.1) is 0 Å². The molecule has 4 rings (SSSR count). The van der Waals surface area contributed by atoms with E-state index in [0.29, 0.717) is 17.9 Å². The molecule has 7 heteroatoms. The molecule has 3 atom stereocenters. The van der Waals surface area contributed by atoms with Gasteiger partial charge in [-0.05, 0) is 47.7 Å². The SMILES string of the molecule is COc1ccc(C(C)NC(c2ccccc2)c2cccc(CC3SC(=O)NC3=O)c2)cc1OC. The first-order valence-corrected chi connectivity index (χ1v) is 12.0. The van der Waals surface area contributed by atoms with Gasteiger partial charge in [0.05, 0.1) is 25.5 Å². The molecule has 1 fully saturated rings. The van der Waals surface area contributed by atoms with E-state index in [4.69, 9.17) is 9.47 Å². The summed E-state index contributed by atoms with van der Waals surface area (Å²) in [5.41, 5.74) is 4.31. The van der Waals surface area contributed by atoms with Gasteiger partial charge >= 0.3 is 0 Å². The normalized spacial score (nSPS) is 17.2. The summed E-state index contributed by atoms with van der Waals surface area (Å²) < 4.78 is 10.9. The minimum Gasteiger partial charge on any atom is -0.493 e. The lowest BCUT2D eigenvalue weighted by atomic mass is 9.94. The fourth-order valence-corrected chi connectivity index (χ4v) is 5.00. The minimum absolute atomic E-state index is 0.0162. The quantitative estimate of drug-likeness (QED) is 0.451. The molecule has 1 heterocycles. The summed E-state index contributed by atoms with van der Waals surface area (Å²) in [7, 11) is 3.26. The van der Waals surface area contributed by atoms with Crippen molar-refractivity contribution in [3.8, 4) is 11.5 Å². The predicted octanol–water partition coefficient (Wildman–Crippen LogP) is 5.04. The van der Waals surface area contributed by atoms with E-state index >= 15 is 0 Å². The number of carbonyl (C=O) groups excluding carboxylic acids is 2. The van der Waals surface area contributed by atoms with Gasteiger partial charge in [-0.2, -0.15) is 0 Å². The van der Waals surface area contributed by atoms with Gasteiger partial charge in [-0.1, -0.05) is 72.4 Å². The van der Waals surface area contributed by atoms with Crippen LogP contribution in [-0.4, -0.2) is 30.6 Å². The zero-order chi connectivity index (χ0) is 24.1. The summed E-state index contributed by atoms with van der Waals surface area (Å²) in [5.74, 6) is 1.16. The Morgan fingerprint density at radius 3 is 2.29 bits per heavy atom. The average Bonchev–Trinajstić information content (AvgIpc) is 3.18. The van der Waals surface area contributed by atoms with Crippen molar-refractivity contribution in [1.29, 1.82) is 0 Å². The third-order valence-electron chi connectivity index (χ3n) is 5.93. The van der Waals surface area contributed by atoms with E-state index in [2.05, 4.69) is 41.8 Å². The Morgan fingerprint density at radius 2 is 1.62 bits per heavy atom. The Balaban J connectivity index is 1.61. The lowest BCUT2D eigenvalue weighted by Crippen LogP contribution is -2.26. The van der Waals surface area contributed by atoms with Crippen molar-refractivity contribution in [2.75, 3.05) is 14.2 Å². The molecule has 0 aromatic heterocycles. The number of rotatable bonds is 9. The van der Waals surface area contributed by atoms with Crippen LogP contribution >= 0.6 is 11.8 Å². The van der Waals surface area contributed by atoms with E-state index in [1.807, 2.05) is 48.5 Å². The predicted molar refractivity (Wildman–Crippen MR) is 134 cm³/mol. The first-order chi connectivity index (χ1) is 16.5. The van der Waals surface area contributed by atoms with E-state index in [1.165, 1.54) is 0 Å². The average molecular weight is 477 g/mol. The van der Waals surface area contributed by atoms with Crippen molar-refractivity contribution in [3.63, 3.8) is 0 Å². The molecular formula is C27H28N2O4S. The van der Waals surface area contributed by atoms with Crippen LogP contribution in [0.3, 0.4) is 0 Å². The first kappa shape index (κ1) is 23.9. The zero-order valence-electron chi connectivity index (χ0n) is 19.4. The highest BCUT2D eigenvalue weighted by molar-refractivity contribution is 8.15. The second kappa shape index (κ2) is 10.8. The van der Waals surface area contributed by atoms with Gasteiger partial charge in [0.15, 0.2) is 11.5 Å². The Labute approximate surface area is 204 Å². The molecule has 0 spiro atoms. The first-order valence-electron chi connectivity index (χ1n) is 11.1. The van der Waals surface area contributed by atoms with Crippen LogP contribution in [0.1, 0.15) is 41.3 Å². The summed E-state index contributed by atoms with van der Waals surface area (Å²) in [6.45, 7) is 2.12. The van der Waals surface area contributed by atoms with E-state index in [1.54, 1.807) is 14.2 Å². The van der Waals surface area contributed by atoms with Crippen molar-refractivity contribution < 1.29 is 19.1 Å². The van der Waals surface area contributed by atoms with Crippen LogP contribution in [-0.2, 0) is 11.2 Å². The number of ether oxygens (including phenoxy) is 2. The van der Waals surface area contributed by atoms with Gasteiger partial charge in [0.25, 0.3) is 5.24 Å². The molecule has 0 aliphatic carbocycles. The number of amides is 2. The van der Waals surface area contributed by atoms with Gasteiger partial charge in [-0.25, -0.2) is 0 Å². The fourth-order valence-electron chi connectivity index (χ4n) is 4.14. The number of nitrogens with one attached hydrogen (secondary N) is 2. The Bertz CT molecular complexity index is 1170. The summed E-state index contributed by atoms with van der Waals surface area (Å²) in [5, 5.41) is 5.45. The highest BCUT2D eigenvalue weighted by Crippen LogP contribution is 2.32. The number of thioether (sulfide) groups is 1. The van der Waals surface area contributed by atoms with Crippen LogP contribution < -0.4 is 20.1 Å². The maximum atomic E-state index is 12.0. The van der Waals surface area contributed by atoms with Gasteiger partial charge in [0.1, 0.15) is 0 Å². The molecule has 1 saturated heterocycles. The van der Waals surface area contributed by atoms with Crippen molar-refractivity contribution >= 4 is 22.9 Å². The third kappa shape index (κ3) is 5.43. The van der Waals surface area contributed by atoms with Crippen LogP contribution in [0.5, 0.6) is 11.5 Å². The molecule has 0 bridgehead atoms. The fraction of sp³-hybridized carbons (Fsp3) is 0.259. The van der Waals surface area contributed by atoms with Crippen LogP contribution in [0.2, 0.25) is 0 Å². The zero-order valence-corrected chi connectivity index (χ0v) is 20.2. The van der Waals surface area contributed by atoms with Crippen molar-refractivity contribution in [1.82, 2.24) is 10.6 Å². The largest absolute Gasteiger partial charge is 0.493 e. The lowest BCUT2D eigenvalue weighted by Gasteiger charge is -2.26. The summed E-state index contributed by atoms with van der Waals surface area (Å²) in [6.07, 6.45) is 0.503. The topological polar surface area (TPSA) is 76.7 Å². The lowest BCUT2D eigenvalue weighted by molar-refractivity contribution is -0.118. The highest BCUT2D eigenvalue weighted by Gasteiger charge is 2.31. The number of carbonyl (C=O) groups is 2. The maximum absolute atomic E-state index is 12.0. The van der Waals surface area contributed by atoms with E-state index in [0.717, 1.165) is 34.0 Å². The standard InChI is InChI=1S/C27H28N2O4S/c1-17(20-12-13-22(32-2)23(16-20)33-3)28-25(19-9-5-4-6-10-19)21-11-7-8-18(14-21)15-24-26(30)29-27(31)34-24/h4-14,16-17,24-25,28H,15H2,1-3H3,(H,29,30,31). The van der Waals surface area contributed by atoms with Gasteiger partial charge in [0.2, 0.25) is 5.91 Å². The monoisotopic (exact) mass is 476 g/mol. The molecule has 6 nitrogen and oxygen atoms in total. The summed E-state index contributed by atoms with van der Waals surface area (Å²) in [4.78, 5) is 23.6. The smallest absolute Gasteiger partial charge is 0.286 e. The molecule has 3 aromatic rings. The molecule has 1 aliphatic rings. The van der Waals surface area contributed by atoms with Gasteiger partial charge < -0.3 is 9.47 Å². The molecule has 2 amide bonds. The van der Waals surface area contributed by atoms with Gasteiger partial charge in [-0.15, -0.1) is 0 Å². The van der Waals surface area contributed by atoms with Crippen LogP contribution in [0.4, 0.5) is 4.79 Å².